The summed E-state index contributed by atoms with van der Waals surface area (Å²) in [6.07, 6.45) is 7.64. The van der Waals surface area contributed by atoms with E-state index in [9.17, 15) is 0 Å². The van der Waals surface area contributed by atoms with Crippen molar-refractivity contribution in [1.82, 2.24) is 0 Å². The van der Waals surface area contributed by atoms with Gasteiger partial charge < -0.3 is 4.74 Å². The first-order valence-corrected chi connectivity index (χ1v) is 13.0. The van der Waals surface area contributed by atoms with Crippen LogP contribution in [0.4, 0.5) is 0 Å². The molecule has 0 bridgehead atoms. The van der Waals surface area contributed by atoms with E-state index in [1.807, 2.05) is 0 Å². The van der Waals surface area contributed by atoms with Crippen molar-refractivity contribution in [3.05, 3.63) is 138 Å². The van der Waals surface area contributed by atoms with Crippen LogP contribution in [0.2, 0.25) is 0 Å². The van der Waals surface area contributed by atoms with Crippen LogP contribution in [0.1, 0.15) is 67.7 Å². The van der Waals surface area contributed by atoms with E-state index in [1.165, 1.54) is 65.5 Å². The Morgan fingerprint density at radius 1 is 0.457 bits per heavy atom. The third-order valence-electron chi connectivity index (χ3n) is 6.35. The van der Waals surface area contributed by atoms with Crippen LogP contribution in [-0.4, -0.2) is 6.61 Å². The average Bonchev–Trinajstić information content (AvgIpc) is 2.93. The molecule has 0 radical (unpaired) electrons. The highest BCUT2D eigenvalue weighted by Gasteiger charge is 2.16. The van der Waals surface area contributed by atoms with Gasteiger partial charge >= 0.3 is 0 Å². The van der Waals surface area contributed by atoms with Crippen molar-refractivity contribution in [2.24, 2.45) is 0 Å². The van der Waals surface area contributed by atoms with Gasteiger partial charge in [-0.3, -0.25) is 0 Å². The number of ether oxygens (including phenoxy) is 1. The van der Waals surface area contributed by atoms with Crippen molar-refractivity contribution in [2.75, 3.05) is 6.61 Å². The molecular formula is C34H36O. The molecule has 0 heterocycles. The van der Waals surface area contributed by atoms with Gasteiger partial charge in [-0.2, -0.15) is 0 Å². The first kappa shape index (κ1) is 24.5. The van der Waals surface area contributed by atoms with Gasteiger partial charge in [0.05, 0.1) is 6.61 Å². The molecule has 0 unspecified atom stereocenters. The molecule has 0 aliphatic heterocycles. The number of benzene rings is 4. The average molecular weight is 461 g/mol. The van der Waals surface area contributed by atoms with Crippen molar-refractivity contribution < 1.29 is 4.74 Å². The Bertz CT molecular complexity index is 1120. The Hall–Kier alpha value is -3.58. The summed E-state index contributed by atoms with van der Waals surface area (Å²) in [4.78, 5) is 0. The summed E-state index contributed by atoms with van der Waals surface area (Å²) in [5.41, 5.74) is 7.27. The Balaban J connectivity index is 1.65. The Labute approximate surface area is 211 Å². The largest absolute Gasteiger partial charge is 0.494 e. The smallest absolute Gasteiger partial charge is 0.119 e. The molecule has 35 heavy (non-hydrogen) atoms. The van der Waals surface area contributed by atoms with E-state index in [4.69, 9.17) is 4.74 Å². The third kappa shape index (κ3) is 6.96. The van der Waals surface area contributed by atoms with Crippen LogP contribution in [0.5, 0.6) is 5.75 Å². The Morgan fingerprint density at radius 3 is 1.31 bits per heavy atom. The fourth-order valence-electron chi connectivity index (χ4n) is 4.52. The molecule has 0 aliphatic rings. The lowest BCUT2D eigenvalue weighted by molar-refractivity contribution is 0.304. The van der Waals surface area contributed by atoms with Crippen molar-refractivity contribution in [3.8, 4) is 5.75 Å². The van der Waals surface area contributed by atoms with Gasteiger partial charge in [0, 0.05) is 0 Å². The van der Waals surface area contributed by atoms with Gasteiger partial charge in [0.15, 0.2) is 0 Å². The van der Waals surface area contributed by atoms with Gasteiger partial charge in [0.25, 0.3) is 0 Å². The molecule has 1 heteroatoms. The SMILES string of the molecule is CCCCCCCCOc1ccc(C(=C(c2ccccc2)c2ccccc2)c2ccccc2)cc1. The molecule has 0 fully saturated rings. The molecule has 0 aromatic heterocycles. The molecule has 0 spiro atoms. The lowest BCUT2D eigenvalue weighted by Crippen LogP contribution is -1.99. The second-order valence-corrected chi connectivity index (χ2v) is 8.99. The molecule has 0 saturated carbocycles. The predicted octanol–water partition coefficient (Wildman–Crippen LogP) is 9.43. The maximum Gasteiger partial charge on any atom is 0.119 e. The molecule has 1 nitrogen and oxygen atoms in total. The first-order chi connectivity index (χ1) is 17.4. The van der Waals surface area contributed by atoms with Crippen LogP contribution >= 0.6 is 0 Å². The summed E-state index contributed by atoms with van der Waals surface area (Å²) in [6, 6.07) is 40.7. The number of rotatable bonds is 12. The second kappa shape index (κ2) is 13.3. The summed E-state index contributed by atoms with van der Waals surface area (Å²) in [7, 11) is 0. The van der Waals surface area contributed by atoms with Crippen LogP contribution in [-0.2, 0) is 0 Å². The zero-order chi connectivity index (χ0) is 24.1. The molecule has 0 aliphatic carbocycles. The van der Waals surface area contributed by atoms with E-state index in [0.717, 1.165) is 18.8 Å². The van der Waals surface area contributed by atoms with E-state index >= 15 is 0 Å². The van der Waals surface area contributed by atoms with Gasteiger partial charge in [0.2, 0.25) is 0 Å². The molecule has 4 aromatic carbocycles. The Kier molecular flexibility index (Phi) is 9.36. The molecular weight excluding hydrogens is 424 g/mol. The van der Waals surface area contributed by atoms with Gasteiger partial charge in [-0.05, 0) is 52.0 Å². The normalized spacial score (nSPS) is 10.7. The summed E-state index contributed by atoms with van der Waals surface area (Å²) < 4.78 is 6.07. The molecule has 178 valence electrons. The summed E-state index contributed by atoms with van der Waals surface area (Å²) in [5.74, 6) is 0.940. The van der Waals surface area contributed by atoms with E-state index in [1.54, 1.807) is 0 Å². The van der Waals surface area contributed by atoms with Crippen LogP contribution in [0.15, 0.2) is 115 Å². The minimum atomic E-state index is 0.784. The van der Waals surface area contributed by atoms with Crippen LogP contribution in [0.25, 0.3) is 11.1 Å². The monoisotopic (exact) mass is 460 g/mol. The molecule has 0 atom stereocenters. The lowest BCUT2D eigenvalue weighted by atomic mass is 9.86. The third-order valence-corrected chi connectivity index (χ3v) is 6.35. The maximum absolute atomic E-state index is 6.07. The van der Waals surface area contributed by atoms with Gasteiger partial charge in [-0.1, -0.05) is 142 Å². The summed E-state index contributed by atoms with van der Waals surface area (Å²) in [5, 5.41) is 0. The molecule has 0 amide bonds. The summed E-state index contributed by atoms with van der Waals surface area (Å²) in [6.45, 7) is 3.04. The second-order valence-electron chi connectivity index (χ2n) is 8.99. The van der Waals surface area contributed by atoms with Crippen LogP contribution in [0.3, 0.4) is 0 Å². The molecule has 4 rings (SSSR count). The molecule has 0 N–H and O–H groups in total. The minimum Gasteiger partial charge on any atom is -0.494 e. The molecule has 0 saturated heterocycles. The van der Waals surface area contributed by atoms with Gasteiger partial charge in [0.1, 0.15) is 5.75 Å². The van der Waals surface area contributed by atoms with Crippen molar-refractivity contribution in [3.63, 3.8) is 0 Å². The van der Waals surface area contributed by atoms with Crippen molar-refractivity contribution >= 4 is 11.1 Å². The highest BCUT2D eigenvalue weighted by molar-refractivity contribution is 6.04. The van der Waals surface area contributed by atoms with Crippen molar-refractivity contribution in [2.45, 2.75) is 45.4 Å². The summed E-state index contributed by atoms with van der Waals surface area (Å²) >= 11 is 0. The fourth-order valence-corrected chi connectivity index (χ4v) is 4.52. The van der Waals surface area contributed by atoms with E-state index in [0.29, 0.717) is 0 Å². The number of hydrogen-bond acceptors (Lipinski definition) is 1. The van der Waals surface area contributed by atoms with Crippen molar-refractivity contribution in [1.29, 1.82) is 0 Å². The maximum atomic E-state index is 6.07. The lowest BCUT2D eigenvalue weighted by Gasteiger charge is -2.18. The predicted molar refractivity (Wildman–Crippen MR) is 150 cm³/mol. The topological polar surface area (TPSA) is 9.23 Å². The highest BCUT2D eigenvalue weighted by atomic mass is 16.5. The van der Waals surface area contributed by atoms with Gasteiger partial charge in [-0.15, -0.1) is 0 Å². The van der Waals surface area contributed by atoms with Crippen LogP contribution in [0, 0.1) is 0 Å². The van der Waals surface area contributed by atoms with Gasteiger partial charge in [-0.25, -0.2) is 0 Å². The standard InChI is InChI=1S/C34H36O/c1-2-3-4-5-6-16-27-35-32-25-23-31(24-26-32)34(30-21-14-9-15-22-30)33(28-17-10-7-11-18-28)29-19-12-8-13-20-29/h7-15,17-26H,2-6,16,27H2,1H3. The van der Waals surface area contributed by atoms with E-state index < -0.39 is 0 Å². The first-order valence-electron chi connectivity index (χ1n) is 13.0. The van der Waals surface area contributed by atoms with Crippen LogP contribution < -0.4 is 4.74 Å². The fraction of sp³-hybridized carbons (Fsp3) is 0.235. The zero-order valence-electron chi connectivity index (χ0n) is 20.8. The quantitative estimate of drug-likeness (QED) is 0.151. The van der Waals surface area contributed by atoms with E-state index in [2.05, 4.69) is 122 Å². The number of unbranched alkanes of at least 4 members (excludes halogenated alkanes) is 5. The Morgan fingerprint density at radius 2 is 0.857 bits per heavy atom. The minimum absolute atomic E-state index is 0.784. The molecule has 4 aromatic rings. The highest BCUT2D eigenvalue weighted by Crippen LogP contribution is 2.37. The number of hydrogen-bond donors (Lipinski definition) is 0. The zero-order valence-corrected chi connectivity index (χ0v) is 20.8. The van der Waals surface area contributed by atoms with E-state index in [-0.39, 0.29) is 0 Å².